The van der Waals surface area contributed by atoms with E-state index < -0.39 is 10.0 Å². The summed E-state index contributed by atoms with van der Waals surface area (Å²) in [5.41, 5.74) is 1.44. The van der Waals surface area contributed by atoms with Crippen molar-refractivity contribution in [3.8, 4) is 5.75 Å². The maximum Gasteiger partial charge on any atom is 0.261 e. The maximum atomic E-state index is 12.4. The highest BCUT2D eigenvalue weighted by molar-refractivity contribution is 14.1. The predicted molar refractivity (Wildman–Crippen MR) is 95.4 cm³/mol. The number of benzene rings is 2. The van der Waals surface area contributed by atoms with Gasteiger partial charge in [0.1, 0.15) is 5.75 Å². The van der Waals surface area contributed by atoms with Crippen molar-refractivity contribution < 1.29 is 13.2 Å². The minimum Gasteiger partial charge on any atom is -0.496 e. The summed E-state index contributed by atoms with van der Waals surface area (Å²) in [5.74, 6) is 0.583. The zero-order chi connectivity index (χ0) is 15.6. The lowest BCUT2D eigenvalue weighted by atomic mass is 10.2. The Kier molecular flexibility index (Phi) is 5.15. The first kappa shape index (κ1) is 16.6. The quantitative estimate of drug-likeness (QED) is 0.666. The Balaban J connectivity index is 2.36. The lowest BCUT2D eigenvalue weighted by Gasteiger charge is -2.12. The summed E-state index contributed by atoms with van der Waals surface area (Å²) in [6, 6.07) is 10.2. The van der Waals surface area contributed by atoms with Crippen LogP contribution in [0.4, 0.5) is 5.69 Å². The zero-order valence-electron chi connectivity index (χ0n) is 11.4. The third kappa shape index (κ3) is 3.89. The third-order valence-electron chi connectivity index (χ3n) is 2.87. The highest BCUT2D eigenvalue weighted by atomic mass is 127. The van der Waals surface area contributed by atoms with Crippen molar-refractivity contribution >= 4 is 54.2 Å². The molecular weight excluding hydrogens is 469 g/mol. The summed E-state index contributed by atoms with van der Waals surface area (Å²) in [7, 11) is -2.10. The molecule has 0 aliphatic rings. The molecular formula is C14H13BrINO3S. The molecule has 0 aliphatic heterocycles. The molecule has 0 spiro atoms. The molecule has 0 radical (unpaired) electrons. The molecule has 0 saturated heterocycles. The Labute approximate surface area is 146 Å². The van der Waals surface area contributed by atoms with E-state index >= 15 is 0 Å². The van der Waals surface area contributed by atoms with Gasteiger partial charge < -0.3 is 4.74 Å². The van der Waals surface area contributed by atoms with Gasteiger partial charge in [0.15, 0.2) is 0 Å². The Morgan fingerprint density at radius 3 is 2.48 bits per heavy atom. The van der Waals surface area contributed by atoms with Crippen LogP contribution in [-0.4, -0.2) is 15.5 Å². The first-order valence-corrected chi connectivity index (χ1v) is 9.31. The van der Waals surface area contributed by atoms with Crippen LogP contribution < -0.4 is 9.46 Å². The number of rotatable bonds is 4. The molecule has 2 aromatic rings. The van der Waals surface area contributed by atoms with Gasteiger partial charge in [0.2, 0.25) is 0 Å². The molecule has 112 valence electrons. The van der Waals surface area contributed by atoms with Crippen LogP contribution in [0.15, 0.2) is 45.8 Å². The van der Waals surface area contributed by atoms with Crippen molar-refractivity contribution in [2.75, 3.05) is 11.8 Å². The van der Waals surface area contributed by atoms with E-state index in [1.807, 2.05) is 19.1 Å². The SMILES string of the molecule is COc1ccc(S(=O)(=O)Nc2ccc(I)cc2C)cc1Br. The topological polar surface area (TPSA) is 55.4 Å². The molecule has 0 amide bonds. The highest BCUT2D eigenvalue weighted by Crippen LogP contribution is 2.29. The fourth-order valence-electron chi connectivity index (χ4n) is 1.76. The first-order valence-electron chi connectivity index (χ1n) is 5.96. The van der Waals surface area contributed by atoms with E-state index in [4.69, 9.17) is 4.74 Å². The molecule has 1 N–H and O–H groups in total. The van der Waals surface area contributed by atoms with E-state index in [2.05, 4.69) is 43.2 Å². The fraction of sp³-hybridized carbons (Fsp3) is 0.143. The van der Waals surface area contributed by atoms with Gasteiger partial charge >= 0.3 is 0 Å². The molecule has 0 heterocycles. The van der Waals surface area contributed by atoms with Crippen molar-refractivity contribution in [3.63, 3.8) is 0 Å². The monoisotopic (exact) mass is 481 g/mol. The number of aryl methyl sites for hydroxylation is 1. The van der Waals surface area contributed by atoms with Crippen LogP contribution in [0.2, 0.25) is 0 Å². The van der Waals surface area contributed by atoms with Crippen LogP contribution in [0.1, 0.15) is 5.56 Å². The van der Waals surface area contributed by atoms with Gasteiger partial charge in [-0.3, -0.25) is 4.72 Å². The molecule has 0 unspecified atom stereocenters. The number of hydrogen-bond donors (Lipinski definition) is 1. The number of halogens is 2. The predicted octanol–water partition coefficient (Wildman–Crippen LogP) is 4.17. The van der Waals surface area contributed by atoms with Crippen LogP contribution in [0.3, 0.4) is 0 Å². The summed E-state index contributed by atoms with van der Waals surface area (Å²) >= 11 is 5.48. The molecule has 0 aliphatic carbocycles. The average molecular weight is 482 g/mol. The number of nitrogens with one attached hydrogen (secondary N) is 1. The number of methoxy groups -OCH3 is 1. The highest BCUT2D eigenvalue weighted by Gasteiger charge is 2.17. The number of anilines is 1. The Bertz CT molecular complexity index is 778. The minimum atomic E-state index is -3.63. The second kappa shape index (κ2) is 6.53. The Morgan fingerprint density at radius 2 is 1.90 bits per heavy atom. The summed E-state index contributed by atoms with van der Waals surface area (Å²) in [5, 5.41) is 0. The van der Waals surface area contributed by atoms with Crippen LogP contribution in [0.25, 0.3) is 0 Å². The maximum absolute atomic E-state index is 12.4. The minimum absolute atomic E-state index is 0.174. The van der Waals surface area contributed by atoms with Gasteiger partial charge in [-0.05, 0) is 87.4 Å². The van der Waals surface area contributed by atoms with Crippen molar-refractivity contribution in [1.82, 2.24) is 0 Å². The third-order valence-corrected chi connectivity index (χ3v) is 5.52. The van der Waals surface area contributed by atoms with Crippen molar-refractivity contribution in [2.45, 2.75) is 11.8 Å². The summed E-state index contributed by atoms with van der Waals surface area (Å²) < 4.78 is 34.2. The summed E-state index contributed by atoms with van der Waals surface area (Å²) in [6.07, 6.45) is 0. The van der Waals surface area contributed by atoms with E-state index in [1.54, 1.807) is 12.1 Å². The Hall–Kier alpha value is -0.800. The molecule has 2 rings (SSSR count). The number of sulfonamides is 1. The van der Waals surface area contributed by atoms with E-state index in [-0.39, 0.29) is 4.90 Å². The molecule has 7 heteroatoms. The van der Waals surface area contributed by atoms with E-state index in [0.29, 0.717) is 15.9 Å². The van der Waals surface area contributed by atoms with E-state index in [1.165, 1.54) is 19.2 Å². The molecule has 0 bridgehead atoms. The van der Waals surface area contributed by atoms with Crippen molar-refractivity contribution in [2.24, 2.45) is 0 Å². The number of hydrogen-bond acceptors (Lipinski definition) is 3. The van der Waals surface area contributed by atoms with E-state index in [0.717, 1.165) is 9.13 Å². The lowest BCUT2D eigenvalue weighted by molar-refractivity contribution is 0.411. The van der Waals surface area contributed by atoms with Gasteiger partial charge in [0, 0.05) is 3.57 Å². The van der Waals surface area contributed by atoms with Crippen LogP contribution in [-0.2, 0) is 10.0 Å². The standard InChI is InChI=1S/C14H13BrINO3S/c1-9-7-10(16)3-5-13(9)17-21(18,19)11-4-6-14(20-2)12(15)8-11/h3-8,17H,1-2H3. The molecule has 0 atom stereocenters. The molecule has 0 aromatic heterocycles. The van der Waals surface area contributed by atoms with E-state index in [9.17, 15) is 8.42 Å². The summed E-state index contributed by atoms with van der Waals surface area (Å²) in [6.45, 7) is 1.87. The molecule has 0 fully saturated rings. The molecule has 21 heavy (non-hydrogen) atoms. The van der Waals surface area contributed by atoms with Gasteiger partial charge in [0.05, 0.1) is 22.2 Å². The van der Waals surface area contributed by atoms with Crippen LogP contribution >= 0.6 is 38.5 Å². The average Bonchev–Trinajstić information content (AvgIpc) is 2.42. The smallest absolute Gasteiger partial charge is 0.261 e. The second-order valence-corrected chi connectivity index (χ2v) is 8.14. The van der Waals surface area contributed by atoms with Gasteiger partial charge in [-0.15, -0.1) is 0 Å². The first-order chi connectivity index (χ1) is 9.83. The second-order valence-electron chi connectivity index (χ2n) is 4.36. The van der Waals surface area contributed by atoms with Crippen LogP contribution in [0.5, 0.6) is 5.75 Å². The van der Waals surface area contributed by atoms with Crippen molar-refractivity contribution in [3.05, 3.63) is 50.0 Å². The lowest BCUT2D eigenvalue weighted by Crippen LogP contribution is -2.13. The van der Waals surface area contributed by atoms with Gasteiger partial charge in [-0.25, -0.2) is 8.42 Å². The fourth-order valence-corrected chi connectivity index (χ4v) is 4.26. The van der Waals surface area contributed by atoms with Crippen LogP contribution in [0, 0.1) is 10.5 Å². The zero-order valence-corrected chi connectivity index (χ0v) is 15.9. The van der Waals surface area contributed by atoms with Gasteiger partial charge in [-0.1, -0.05) is 0 Å². The largest absolute Gasteiger partial charge is 0.496 e. The van der Waals surface area contributed by atoms with Crippen molar-refractivity contribution in [1.29, 1.82) is 0 Å². The normalized spacial score (nSPS) is 11.2. The Morgan fingerprint density at radius 1 is 1.19 bits per heavy atom. The van der Waals surface area contributed by atoms with Gasteiger partial charge in [-0.2, -0.15) is 0 Å². The molecule has 4 nitrogen and oxygen atoms in total. The molecule has 0 saturated carbocycles. The van der Waals surface area contributed by atoms with Gasteiger partial charge in [0.25, 0.3) is 10.0 Å². The molecule has 2 aromatic carbocycles. The summed E-state index contributed by atoms with van der Waals surface area (Å²) in [4.78, 5) is 0.174. The number of ether oxygens (including phenoxy) is 1.